The third-order valence-electron chi connectivity index (χ3n) is 4.75. The van der Waals surface area contributed by atoms with E-state index in [1.54, 1.807) is 29.4 Å². The number of aliphatic carboxylic acids is 1. The first-order valence-corrected chi connectivity index (χ1v) is 9.32. The number of hydrogen-bond donors (Lipinski definition) is 2. The number of urea groups is 1. The van der Waals surface area contributed by atoms with Gasteiger partial charge in [-0.25, -0.2) is 14.8 Å². The van der Waals surface area contributed by atoms with Crippen LogP contribution in [-0.2, 0) is 10.2 Å². The SMILES string of the molecule is CC1CC(C(=O)O)CN(C(=O)Nc2cc(C(C)(C)C)nn2-c2ncccn2)C1. The number of nitrogens with zero attached hydrogens (tertiary/aromatic N) is 5. The van der Waals surface area contributed by atoms with Crippen LogP contribution in [0, 0.1) is 11.8 Å². The van der Waals surface area contributed by atoms with Crippen molar-refractivity contribution in [2.75, 3.05) is 18.4 Å². The number of carboxylic acid groups (broad SMARTS) is 1. The number of carbonyl (C=O) groups is 2. The fourth-order valence-corrected chi connectivity index (χ4v) is 3.27. The van der Waals surface area contributed by atoms with Crippen LogP contribution >= 0.6 is 0 Å². The van der Waals surface area contributed by atoms with E-state index in [1.807, 2.05) is 27.7 Å². The minimum atomic E-state index is -0.873. The van der Waals surface area contributed by atoms with Crippen LogP contribution in [0.5, 0.6) is 0 Å². The molecule has 0 radical (unpaired) electrons. The molecular weight excluding hydrogens is 360 g/mol. The second kappa shape index (κ2) is 7.57. The molecule has 150 valence electrons. The molecule has 2 atom stereocenters. The maximum absolute atomic E-state index is 12.9. The Kier molecular flexibility index (Phi) is 5.35. The number of amides is 2. The van der Waals surface area contributed by atoms with Crippen molar-refractivity contribution in [3.63, 3.8) is 0 Å². The third-order valence-corrected chi connectivity index (χ3v) is 4.75. The van der Waals surface area contributed by atoms with Gasteiger partial charge in [-0.2, -0.15) is 9.78 Å². The largest absolute Gasteiger partial charge is 0.481 e. The average Bonchev–Trinajstić information content (AvgIpc) is 3.06. The number of aromatic nitrogens is 4. The van der Waals surface area contributed by atoms with Gasteiger partial charge in [-0.05, 0) is 18.4 Å². The molecule has 1 saturated heterocycles. The molecule has 1 aliphatic rings. The highest BCUT2D eigenvalue weighted by molar-refractivity contribution is 5.89. The highest BCUT2D eigenvalue weighted by Gasteiger charge is 2.32. The summed E-state index contributed by atoms with van der Waals surface area (Å²) in [4.78, 5) is 34.2. The zero-order chi connectivity index (χ0) is 20.5. The van der Waals surface area contributed by atoms with Gasteiger partial charge < -0.3 is 10.0 Å². The molecule has 0 aliphatic carbocycles. The lowest BCUT2D eigenvalue weighted by Crippen LogP contribution is -2.47. The van der Waals surface area contributed by atoms with Crippen molar-refractivity contribution >= 4 is 17.8 Å². The predicted molar refractivity (Wildman–Crippen MR) is 103 cm³/mol. The number of likely N-dealkylation sites (tertiary alicyclic amines) is 1. The molecule has 9 nitrogen and oxygen atoms in total. The molecule has 0 spiro atoms. The van der Waals surface area contributed by atoms with Gasteiger partial charge in [-0.1, -0.05) is 27.7 Å². The van der Waals surface area contributed by atoms with Gasteiger partial charge in [-0.3, -0.25) is 10.1 Å². The lowest BCUT2D eigenvalue weighted by molar-refractivity contribution is -0.143. The average molecular weight is 386 g/mol. The molecule has 2 N–H and O–H groups in total. The Bertz CT molecular complexity index is 858. The Labute approximate surface area is 163 Å². The molecule has 2 amide bonds. The lowest BCUT2D eigenvalue weighted by Gasteiger charge is -2.34. The molecule has 1 aliphatic heterocycles. The summed E-state index contributed by atoms with van der Waals surface area (Å²) in [5, 5.41) is 16.8. The van der Waals surface area contributed by atoms with E-state index in [4.69, 9.17) is 0 Å². The molecule has 0 aromatic carbocycles. The topological polar surface area (TPSA) is 113 Å². The second-order valence-corrected chi connectivity index (χ2v) is 8.34. The Morgan fingerprint density at radius 3 is 2.50 bits per heavy atom. The van der Waals surface area contributed by atoms with Crippen molar-refractivity contribution < 1.29 is 14.7 Å². The van der Waals surface area contributed by atoms with E-state index in [2.05, 4.69) is 20.4 Å². The van der Waals surface area contributed by atoms with Crippen molar-refractivity contribution in [1.29, 1.82) is 0 Å². The number of piperidine rings is 1. The highest BCUT2D eigenvalue weighted by Crippen LogP contribution is 2.27. The predicted octanol–water partition coefficient (Wildman–Crippen LogP) is 2.53. The minimum Gasteiger partial charge on any atom is -0.481 e. The van der Waals surface area contributed by atoms with E-state index in [9.17, 15) is 14.7 Å². The van der Waals surface area contributed by atoms with Crippen LogP contribution in [0.25, 0.3) is 5.95 Å². The van der Waals surface area contributed by atoms with E-state index in [0.717, 1.165) is 5.69 Å². The maximum Gasteiger partial charge on any atom is 0.323 e. The van der Waals surface area contributed by atoms with E-state index in [1.165, 1.54) is 4.68 Å². The Morgan fingerprint density at radius 2 is 1.89 bits per heavy atom. The molecular formula is C19H26N6O3. The quantitative estimate of drug-likeness (QED) is 0.838. The normalized spacial score (nSPS) is 20.1. The van der Waals surface area contributed by atoms with Gasteiger partial charge >= 0.3 is 12.0 Å². The van der Waals surface area contributed by atoms with Crippen molar-refractivity contribution in [2.24, 2.45) is 11.8 Å². The van der Waals surface area contributed by atoms with Crippen LogP contribution < -0.4 is 5.32 Å². The number of carboxylic acids is 1. The summed E-state index contributed by atoms with van der Waals surface area (Å²) in [5.41, 5.74) is 0.554. The molecule has 2 aromatic heterocycles. The monoisotopic (exact) mass is 386 g/mol. The zero-order valence-electron chi connectivity index (χ0n) is 16.6. The number of nitrogens with one attached hydrogen (secondary N) is 1. The van der Waals surface area contributed by atoms with Crippen molar-refractivity contribution in [3.05, 3.63) is 30.2 Å². The first-order valence-electron chi connectivity index (χ1n) is 9.32. The number of carbonyl (C=O) groups excluding carboxylic acids is 1. The summed E-state index contributed by atoms with van der Waals surface area (Å²) in [6.07, 6.45) is 3.79. The molecule has 0 saturated carbocycles. The van der Waals surface area contributed by atoms with Crippen LogP contribution in [0.2, 0.25) is 0 Å². The summed E-state index contributed by atoms with van der Waals surface area (Å²) in [7, 11) is 0. The number of rotatable bonds is 3. The lowest BCUT2D eigenvalue weighted by atomic mass is 9.91. The van der Waals surface area contributed by atoms with Crippen LogP contribution in [0.15, 0.2) is 24.5 Å². The molecule has 3 heterocycles. The van der Waals surface area contributed by atoms with Gasteiger partial charge in [0.25, 0.3) is 5.95 Å². The fourth-order valence-electron chi connectivity index (χ4n) is 3.27. The molecule has 3 rings (SSSR count). The zero-order valence-corrected chi connectivity index (χ0v) is 16.6. The first kappa shape index (κ1) is 19.8. The van der Waals surface area contributed by atoms with Gasteiger partial charge in [0.15, 0.2) is 0 Å². The van der Waals surface area contributed by atoms with Gasteiger partial charge in [0, 0.05) is 37.0 Å². The van der Waals surface area contributed by atoms with E-state index in [0.29, 0.717) is 24.7 Å². The van der Waals surface area contributed by atoms with E-state index in [-0.39, 0.29) is 23.9 Å². The van der Waals surface area contributed by atoms with Crippen molar-refractivity contribution in [1.82, 2.24) is 24.6 Å². The van der Waals surface area contributed by atoms with Gasteiger partial charge in [0.2, 0.25) is 0 Å². The molecule has 9 heteroatoms. The Balaban J connectivity index is 1.87. The summed E-state index contributed by atoms with van der Waals surface area (Å²) < 4.78 is 1.50. The fraction of sp³-hybridized carbons (Fsp3) is 0.526. The van der Waals surface area contributed by atoms with Gasteiger partial charge in [-0.15, -0.1) is 0 Å². The summed E-state index contributed by atoms with van der Waals surface area (Å²) >= 11 is 0. The molecule has 2 unspecified atom stereocenters. The maximum atomic E-state index is 12.9. The van der Waals surface area contributed by atoms with Crippen LogP contribution in [-0.4, -0.2) is 54.8 Å². The smallest absolute Gasteiger partial charge is 0.323 e. The van der Waals surface area contributed by atoms with Crippen LogP contribution in [0.1, 0.15) is 39.8 Å². The Morgan fingerprint density at radius 1 is 1.21 bits per heavy atom. The molecule has 2 aromatic rings. The first-order chi connectivity index (χ1) is 13.1. The summed E-state index contributed by atoms with van der Waals surface area (Å²) in [6, 6.07) is 3.16. The summed E-state index contributed by atoms with van der Waals surface area (Å²) in [6.45, 7) is 8.74. The van der Waals surface area contributed by atoms with Gasteiger partial charge in [0.05, 0.1) is 11.6 Å². The van der Waals surface area contributed by atoms with Crippen LogP contribution in [0.4, 0.5) is 10.6 Å². The summed E-state index contributed by atoms with van der Waals surface area (Å²) in [5.74, 6) is -0.507. The number of anilines is 1. The van der Waals surface area contributed by atoms with Gasteiger partial charge in [0.1, 0.15) is 5.82 Å². The Hall–Kier alpha value is -2.97. The molecule has 28 heavy (non-hydrogen) atoms. The standard InChI is InChI=1S/C19H26N6O3/c1-12-8-13(16(26)27)11-24(10-12)18(28)22-15-9-14(19(2,3)4)23-25(15)17-20-6-5-7-21-17/h5-7,9,12-13H,8,10-11H2,1-4H3,(H,22,28)(H,26,27). The van der Waals surface area contributed by atoms with Crippen LogP contribution in [0.3, 0.4) is 0 Å². The number of hydrogen-bond acceptors (Lipinski definition) is 5. The molecule has 0 bridgehead atoms. The van der Waals surface area contributed by atoms with Crippen molar-refractivity contribution in [2.45, 2.75) is 39.5 Å². The second-order valence-electron chi connectivity index (χ2n) is 8.34. The van der Waals surface area contributed by atoms with Crippen molar-refractivity contribution in [3.8, 4) is 5.95 Å². The molecule has 1 fully saturated rings. The minimum absolute atomic E-state index is 0.119. The highest BCUT2D eigenvalue weighted by atomic mass is 16.4. The van der Waals surface area contributed by atoms with E-state index >= 15 is 0 Å². The van der Waals surface area contributed by atoms with E-state index < -0.39 is 11.9 Å². The third kappa shape index (κ3) is 4.29.